The number of ether oxygens (including phenoxy) is 1. The van der Waals surface area contributed by atoms with Gasteiger partial charge in [0.2, 0.25) is 0 Å². The number of esters is 1. The third kappa shape index (κ3) is 4.18. The van der Waals surface area contributed by atoms with Crippen LogP contribution in [0.5, 0.6) is 0 Å². The van der Waals surface area contributed by atoms with E-state index in [0.717, 1.165) is 18.9 Å². The second-order valence-electron chi connectivity index (χ2n) is 6.52. The largest absolute Gasteiger partial charge is 0.468 e. The Bertz CT molecular complexity index is 309. The molecule has 110 valence electrons. The van der Waals surface area contributed by atoms with Crippen LogP contribution in [-0.4, -0.2) is 49.2 Å². The van der Waals surface area contributed by atoms with Crippen molar-refractivity contribution in [2.45, 2.75) is 57.5 Å². The zero-order valence-corrected chi connectivity index (χ0v) is 12.6. The number of piperidine rings is 1. The van der Waals surface area contributed by atoms with Crippen molar-refractivity contribution >= 4 is 5.97 Å². The predicted molar refractivity (Wildman–Crippen MR) is 76.0 cm³/mol. The van der Waals surface area contributed by atoms with Gasteiger partial charge in [-0.1, -0.05) is 6.92 Å². The number of nitrogens with zero attached hydrogens (tertiary/aromatic N) is 1. The second-order valence-corrected chi connectivity index (χ2v) is 6.52. The smallest absolute Gasteiger partial charge is 0.325 e. The van der Waals surface area contributed by atoms with Crippen molar-refractivity contribution < 1.29 is 9.53 Å². The van der Waals surface area contributed by atoms with Gasteiger partial charge in [0.05, 0.1) is 7.11 Å². The van der Waals surface area contributed by atoms with Gasteiger partial charge < -0.3 is 9.64 Å². The van der Waals surface area contributed by atoms with Crippen molar-refractivity contribution in [2.75, 3.05) is 26.7 Å². The Balaban J connectivity index is 1.83. The number of hydrogen-bond donors (Lipinski definition) is 1. The highest BCUT2D eigenvalue weighted by Gasteiger charge is 2.39. The molecule has 0 radical (unpaired) electrons. The van der Waals surface area contributed by atoms with Crippen LogP contribution in [0.4, 0.5) is 0 Å². The molecule has 0 amide bonds. The average Bonchev–Trinajstić information content (AvgIpc) is 3.21. The lowest BCUT2D eigenvalue weighted by Crippen LogP contribution is -2.53. The summed E-state index contributed by atoms with van der Waals surface area (Å²) in [5, 5.41) is 3.47. The molecule has 1 unspecified atom stereocenters. The second kappa shape index (κ2) is 6.23. The first-order valence-corrected chi connectivity index (χ1v) is 7.62. The standard InChI is InChI=1S/C15H28N2O2/c1-12-6-9-17(10-7-12)11-8-15(2,14(18)19-3)16-13-4-5-13/h12-13,16H,4-11H2,1-3H3. The highest BCUT2D eigenvalue weighted by Crippen LogP contribution is 2.25. The van der Waals surface area contributed by atoms with E-state index in [0.29, 0.717) is 6.04 Å². The molecule has 1 N–H and O–H groups in total. The Morgan fingerprint density at radius 3 is 2.47 bits per heavy atom. The van der Waals surface area contributed by atoms with Gasteiger partial charge in [-0.25, -0.2) is 0 Å². The van der Waals surface area contributed by atoms with E-state index in [9.17, 15) is 4.79 Å². The van der Waals surface area contributed by atoms with Crippen molar-refractivity contribution in [3.8, 4) is 0 Å². The molecule has 2 aliphatic rings. The summed E-state index contributed by atoms with van der Waals surface area (Å²) in [5.74, 6) is 0.734. The molecule has 0 spiro atoms. The molecule has 1 saturated heterocycles. The quantitative estimate of drug-likeness (QED) is 0.746. The number of nitrogens with one attached hydrogen (secondary N) is 1. The van der Waals surface area contributed by atoms with E-state index in [1.165, 1.54) is 45.9 Å². The molecule has 1 atom stereocenters. The van der Waals surface area contributed by atoms with Crippen LogP contribution < -0.4 is 5.32 Å². The van der Waals surface area contributed by atoms with Gasteiger partial charge in [-0.15, -0.1) is 0 Å². The molecule has 0 bridgehead atoms. The summed E-state index contributed by atoms with van der Waals surface area (Å²) in [7, 11) is 1.48. The Kier molecular flexibility index (Phi) is 4.85. The molecular weight excluding hydrogens is 240 g/mol. The van der Waals surface area contributed by atoms with E-state index in [4.69, 9.17) is 4.74 Å². The lowest BCUT2D eigenvalue weighted by Gasteiger charge is -2.34. The van der Waals surface area contributed by atoms with Gasteiger partial charge in [0.1, 0.15) is 5.54 Å². The van der Waals surface area contributed by atoms with Gasteiger partial charge in [-0.3, -0.25) is 10.1 Å². The van der Waals surface area contributed by atoms with Gasteiger partial charge in [0.15, 0.2) is 0 Å². The highest BCUT2D eigenvalue weighted by atomic mass is 16.5. The molecule has 2 fully saturated rings. The van der Waals surface area contributed by atoms with Crippen molar-refractivity contribution in [3.63, 3.8) is 0 Å². The molecular formula is C15H28N2O2. The summed E-state index contributed by atoms with van der Waals surface area (Å²) in [4.78, 5) is 14.5. The molecule has 0 aromatic heterocycles. The topological polar surface area (TPSA) is 41.6 Å². The predicted octanol–water partition coefficient (Wildman–Crippen LogP) is 1.79. The maximum absolute atomic E-state index is 12.0. The number of rotatable bonds is 6. The molecule has 0 aromatic rings. The van der Waals surface area contributed by atoms with Gasteiger partial charge in [0, 0.05) is 12.6 Å². The third-order valence-corrected chi connectivity index (χ3v) is 4.54. The van der Waals surface area contributed by atoms with Crippen LogP contribution in [-0.2, 0) is 9.53 Å². The molecule has 1 aliphatic heterocycles. The van der Waals surface area contributed by atoms with Gasteiger partial charge in [-0.05, 0) is 58.0 Å². The van der Waals surface area contributed by atoms with Crippen LogP contribution >= 0.6 is 0 Å². The molecule has 19 heavy (non-hydrogen) atoms. The van der Waals surface area contributed by atoms with E-state index >= 15 is 0 Å². The van der Waals surface area contributed by atoms with Crippen LogP contribution in [0.3, 0.4) is 0 Å². The molecule has 1 saturated carbocycles. The Morgan fingerprint density at radius 2 is 1.95 bits per heavy atom. The first-order chi connectivity index (χ1) is 9.03. The Morgan fingerprint density at radius 1 is 1.32 bits per heavy atom. The lowest BCUT2D eigenvalue weighted by atomic mass is 9.95. The van der Waals surface area contributed by atoms with Crippen LogP contribution in [0.25, 0.3) is 0 Å². The summed E-state index contributed by atoms with van der Waals surface area (Å²) in [5.41, 5.74) is -0.515. The number of methoxy groups -OCH3 is 1. The minimum absolute atomic E-state index is 0.121. The first kappa shape index (κ1) is 14.8. The van der Waals surface area contributed by atoms with Crippen molar-refractivity contribution in [2.24, 2.45) is 5.92 Å². The fourth-order valence-corrected chi connectivity index (χ4v) is 2.80. The van der Waals surface area contributed by atoms with E-state index < -0.39 is 5.54 Å². The Hall–Kier alpha value is -0.610. The van der Waals surface area contributed by atoms with Gasteiger partial charge in [-0.2, -0.15) is 0 Å². The van der Waals surface area contributed by atoms with Gasteiger partial charge >= 0.3 is 5.97 Å². The van der Waals surface area contributed by atoms with E-state index in [1.54, 1.807) is 0 Å². The Labute approximate surface area is 116 Å². The van der Waals surface area contributed by atoms with Crippen LogP contribution in [0.1, 0.15) is 46.0 Å². The van der Waals surface area contributed by atoms with Crippen LogP contribution in [0.15, 0.2) is 0 Å². The molecule has 1 aliphatic carbocycles. The maximum Gasteiger partial charge on any atom is 0.325 e. The van der Waals surface area contributed by atoms with Crippen molar-refractivity contribution in [3.05, 3.63) is 0 Å². The average molecular weight is 268 g/mol. The molecule has 2 rings (SSSR count). The monoisotopic (exact) mass is 268 g/mol. The number of carbonyl (C=O) groups is 1. The fraction of sp³-hybridized carbons (Fsp3) is 0.933. The summed E-state index contributed by atoms with van der Waals surface area (Å²) in [6.45, 7) is 7.63. The lowest BCUT2D eigenvalue weighted by molar-refractivity contribution is -0.148. The molecule has 4 heteroatoms. The zero-order valence-electron chi connectivity index (χ0n) is 12.6. The highest BCUT2D eigenvalue weighted by molar-refractivity contribution is 5.80. The van der Waals surface area contributed by atoms with Gasteiger partial charge in [0.25, 0.3) is 0 Å². The first-order valence-electron chi connectivity index (χ1n) is 7.62. The summed E-state index contributed by atoms with van der Waals surface area (Å²) >= 11 is 0. The minimum Gasteiger partial charge on any atom is -0.468 e. The number of likely N-dealkylation sites (tertiary alicyclic amines) is 1. The van der Waals surface area contributed by atoms with Crippen LogP contribution in [0, 0.1) is 5.92 Å². The fourth-order valence-electron chi connectivity index (χ4n) is 2.80. The molecule has 4 nitrogen and oxygen atoms in total. The van der Waals surface area contributed by atoms with Crippen molar-refractivity contribution in [1.82, 2.24) is 10.2 Å². The van der Waals surface area contributed by atoms with Crippen LogP contribution in [0.2, 0.25) is 0 Å². The molecule has 0 aromatic carbocycles. The normalized spacial score (nSPS) is 25.0. The number of hydrogen-bond acceptors (Lipinski definition) is 4. The minimum atomic E-state index is -0.515. The molecule has 1 heterocycles. The maximum atomic E-state index is 12.0. The van der Waals surface area contributed by atoms with E-state index in [2.05, 4.69) is 17.1 Å². The number of carbonyl (C=O) groups excluding carboxylic acids is 1. The summed E-state index contributed by atoms with van der Waals surface area (Å²) in [6, 6.07) is 0.519. The zero-order chi connectivity index (χ0) is 13.9. The summed E-state index contributed by atoms with van der Waals surface area (Å²) in [6.07, 6.45) is 5.78. The SMILES string of the molecule is COC(=O)C(C)(CCN1CCC(C)CC1)NC1CC1. The van der Waals surface area contributed by atoms with E-state index in [-0.39, 0.29) is 5.97 Å². The third-order valence-electron chi connectivity index (χ3n) is 4.54. The van der Waals surface area contributed by atoms with E-state index in [1.807, 2.05) is 6.92 Å². The van der Waals surface area contributed by atoms with Crippen molar-refractivity contribution in [1.29, 1.82) is 0 Å². The summed E-state index contributed by atoms with van der Waals surface area (Å²) < 4.78 is 4.98.